The van der Waals surface area contributed by atoms with Crippen molar-refractivity contribution in [2.24, 2.45) is 5.92 Å². The van der Waals surface area contributed by atoms with Crippen LogP contribution < -0.4 is 15.8 Å². The van der Waals surface area contributed by atoms with Crippen molar-refractivity contribution in [3.63, 3.8) is 0 Å². The average molecular weight is 278 g/mol. The Labute approximate surface area is 121 Å². The number of benzene rings is 1. The lowest BCUT2D eigenvalue weighted by molar-refractivity contribution is 0.0938. The summed E-state index contributed by atoms with van der Waals surface area (Å²) < 4.78 is 5.08. The van der Waals surface area contributed by atoms with Crippen molar-refractivity contribution in [3.05, 3.63) is 23.8 Å². The Kier molecular flexibility index (Phi) is 6.36. The highest BCUT2D eigenvalue weighted by Crippen LogP contribution is 2.21. The fourth-order valence-corrected chi connectivity index (χ4v) is 2.09. The third-order valence-corrected chi connectivity index (χ3v) is 3.29. The Hall–Kier alpha value is -1.71. The SMILES string of the molecule is COc1ccc(C(=O)NC(C)CCCC(C)C)cc1N. The molecule has 0 spiro atoms. The highest BCUT2D eigenvalue weighted by atomic mass is 16.5. The second-order valence-corrected chi connectivity index (χ2v) is 5.66. The minimum Gasteiger partial charge on any atom is -0.495 e. The van der Waals surface area contributed by atoms with Crippen molar-refractivity contribution in [1.29, 1.82) is 0 Å². The maximum absolute atomic E-state index is 12.1. The third kappa shape index (κ3) is 5.11. The van der Waals surface area contributed by atoms with Crippen LogP contribution in [-0.2, 0) is 0 Å². The molecule has 112 valence electrons. The van der Waals surface area contributed by atoms with E-state index in [0.717, 1.165) is 12.8 Å². The lowest BCUT2D eigenvalue weighted by Gasteiger charge is -2.15. The summed E-state index contributed by atoms with van der Waals surface area (Å²) in [5.41, 5.74) is 6.86. The molecule has 0 saturated heterocycles. The van der Waals surface area contributed by atoms with Crippen molar-refractivity contribution < 1.29 is 9.53 Å². The minimum absolute atomic E-state index is 0.0867. The van der Waals surface area contributed by atoms with Crippen LogP contribution in [0.5, 0.6) is 5.75 Å². The zero-order valence-corrected chi connectivity index (χ0v) is 12.9. The first kappa shape index (κ1) is 16.3. The van der Waals surface area contributed by atoms with Crippen LogP contribution in [0, 0.1) is 5.92 Å². The van der Waals surface area contributed by atoms with E-state index in [4.69, 9.17) is 10.5 Å². The molecule has 20 heavy (non-hydrogen) atoms. The van der Waals surface area contributed by atoms with Gasteiger partial charge in [-0.05, 0) is 37.5 Å². The van der Waals surface area contributed by atoms with Crippen molar-refractivity contribution >= 4 is 11.6 Å². The number of anilines is 1. The third-order valence-electron chi connectivity index (χ3n) is 3.29. The number of ether oxygens (including phenoxy) is 1. The molecule has 0 aliphatic heterocycles. The molecule has 4 heteroatoms. The number of rotatable bonds is 7. The molecule has 0 aliphatic rings. The monoisotopic (exact) mass is 278 g/mol. The molecule has 0 aliphatic carbocycles. The Balaban J connectivity index is 2.51. The molecule has 1 aromatic carbocycles. The first-order valence-electron chi connectivity index (χ1n) is 7.18. The van der Waals surface area contributed by atoms with Gasteiger partial charge in [-0.1, -0.05) is 26.7 Å². The van der Waals surface area contributed by atoms with Crippen molar-refractivity contribution in [3.8, 4) is 5.75 Å². The summed E-state index contributed by atoms with van der Waals surface area (Å²) >= 11 is 0. The van der Waals surface area contributed by atoms with Crippen LogP contribution in [0.1, 0.15) is 50.4 Å². The fraction of sp³-hybridized carbons (Fsp3) is 0.562. The molecule has 1 amide bonds. The molecule has 0 bridgehead atoms. The second kappa shape index (κ2) is 7.78. The number of hydrogen-bond acceptors (Lipinski definition) is 3. The fourth-order valence-electron chi connectivity index (χ4n) is 2.09. The van der Waals surface area contributed by atoms with Crippen LogP contribution >= 0.6 is 0 Å². The Bertz CT molecular complexity index is 444. The van der Waals surface area contributed by atoms with Gasteiger partial charge in [-0.3, -0.25) is 4.79 Å². The van der Waals surface area contributed by atoms with Gasteiger partial charge in [0.25, 0.3) is 5.91 Å². The first-order chi connectivity index (χ1) is 9.43. The number of carbonyl (C=O) groups is 1. The van der Waals surface area contributed by atoms with Crippen LogP contribution in [0.15, 0.2) is 18.2 Å². The quantitative estimate of drug-likeness (QED) is 0.753. The van der Waals surface area contributed by atoms with Crippen LogP contribution in [0.2, 0.25) is 0 Å². The predicted molar refractivity (Wildman–Crippen MR) is 83.0 cm³/mol. The van der Waals surface area contributed by atoms with Crippen molar-refractivity contribution in [1.82, 2.24) is 5.32 Å². The summed E-state index contributed by atoms with van der Waals surface area (Å²) in [7, 11) is 1.56. The van der Waals surface area contributed by atoms with Gasteiger partial charge < -0.3 is 15.8 Å². The van der Waals surface area contributed by atoms with E-state index in [-0.39, 0.29) is 11.9 Å². The van der Waals surface area contributed by atoms with Gasteiger partial charge in [0.1, 0.15) is 5.75 Å². The minimum atomic E-state index is -0.0867. The van der Waals surface area contributed by atoms with Gasteiger partial charge in [-0.2, -0.15) is 0 Å². The maximum Gasteiger partial charge on any atom is 0.251 e. The molecule has 4 nitrogen and oxygen atoms in total. The topological polar surface area (TPSA) is 64.3 Å². The molecular formula is C16H26N2O2. The molecule has 3 N–H and O–H groups in total. The number of nitrogen functional groups attached to an aromatic ring is 1. The highest BCUT2D eigenvalue weighted by Gasteiger charge is 2.11. The molecule has 0 radical (unpaired) electrons. The van der Waals surface area contributed by atoms with E-state index >= 15 is 0 Å². The molecule has 1 rings (SSSR count). The van der Waals surface area contributed by atoms with E-state index in [1.807, 2.05) is 6.92 Å². The van der Waals surface area contributed by atoms with E-state index in [1.165, 1.54) is 6.42 Å². The van der Waals surface area contributed by atoms with E-state index < -0.39 is 0 Å². The number of hydrogen-bond donors (Lipinski definition) is 2. The van der Waals surface area contributed by atoms with Gasteiger partial charge in [0.15, 0.2) is 0 Å². The Morgan fingerprint density at radius 3 is 2.55 bits per heavy atom. The number of methoxy groups -OCH3 is 1. The Morgan fingerprint density at radius 2 is 2.00 bits per heavy atom. The predicted octanol–water partition coefficient (Wildman–Crippen LogP) is 3.22. The standard InChI is InChI=1S/C16H26N2O2/c1-11(2)6-5-7-12(3)18-16(19)13-8-9-15(20-4)14(17)10-13/h8-12H,5-7,17H2,1-4H3,(H,18,19). The van der Waals surface area contributed by atoms with Gasteiger partial charge in [0.05, 0.1) is 12.8 Å². The van der Waals surface area contributed by atoms with Crippen LogP contribution in [0.4, 0.5) is 5.69 Å². The van der Waals surface area contributed by atoms with Gasteiger partial charge in [0, 0.05) is 11.6 Å². The normalized spacial score (nSPS) is 12.2. The summed E-state index contributed by atoms with van der Waals surface area (Å²) in [6, 6.07) is 5.26. The van der Waals surface area contributed by atoms with Crippen LogP contribution in [0.25, 0.3) is 0 Å². The number of nitrogens with one attached hydrogen (secondary N) is 1. The summed E-state index contributed by atoms with van der Waals surface area (Å²) in [5, 5.41) is 3.00. The van der Waals surface area contributed by atoms with E-state index in [9.17, 15) is 4.79 Å². The van der Waals surface area contributed by atoms with Crippen molar-refractivity contribution in [2.75, 3.05) is 12.8 Å². The summed E-state index contributed by atoms with van der Waals surface area (Å²) in [6.45, 7) is 6.46. The largest absolute Gasteiger partial charge is 0.495 e. The van der Waals surface area contributed by atoms with Gasteiger partial charge in [-0.25, -0.2) is 0 Å². The number of amides is 1. The number of nitrogens with two attached hydrogens (primary N) is 1. The lowest BCUT2D eigenvalue weighted by Crippen LogP contribution is -2.32. The second-order valence-electron chi connectivity index (χ2n) is 5.66. The summed E-state index contributed by atoms with van der Waals surface area (Å²) in [6.07, 6.45) is 3.31. The molecule has 0 saturated carbocycles. The molecule has 1 atom stereocenters. The molecule has 1 aromatic rings. The van der Waals surface area contributed by atoms with E-state index in [0.29, 0.717) is 22.9 Å². The maximum atomic E-state index is 12.1. The van der Waals surface area contributed by atoms with Gasteiger partial charge >= 0.3 is 0 Å². The Morgan fingerprint density at radius 1 is 1.30 bits per heavy atom. The zero-order chi connectivity index (χ0) is 15.1. The van der Waals surface area contributed by atoms with E-state index in [2.05, 4.69) is 19.2 Å². The molecular weight excluding hydrogens is 252 g/mol. The van der Waals surface area contributed by atoms with Gasteiger partial charge in [-0.15, -0.1) is 0 Å². The van der Waals surface area contributed by atoms with Crippen LogP contribution in [0.3, 0.4) is 0 Å². The highest BCUT2D eigenvalue weighted by molar-refractivity contribution is 5.95. The summed E-state index contributed by atoms with van der Waals surface area (Å²) in [4.78, 5) is 12.1. The number of carbonyl (C=O) groups excluding carboxylic acids is 1. The molecule has 1 unspecified atom stereocenters. The molecule has 0 heterocycles. The lowest BCUT2D eigenvalue weighted by atomic mass is 10.0. The van der Waals surface area contributed by atoms with Crippen molar-refractivity contribution in [2.45, 2.75) is 46.1 Å². The molecule has 0 aromatic heterocycles. The van der Waals surface area contributed by atoms with E-state index in [1.54, 1.807) is 25.3 Å². The summed E-state index contributed by atoms with van der Waals surface area (Å²) in [5.74, 6) is 1.21. The average Bonchev–Trinajstić information content (AvgIpc) is 2.38. The first-order valence-corrected chi connectivity index (χ1v) is 7.18. The smallest absolute Gasteiger partial charge is 0.251 e. The molecule has 0 fully saturated rings. The van der Waals surface area contributed by atoms with Gasteiger partial charge in [0.2, 0.25) is 0 Å². The van der Waals surface area contributed by atoms with Crippen LogP contribution in [-0.4, -0.2) is 19.1 Å². The zero-order valence-electron chi connectivity index (χ0n) is 12.9.